The number of nitrogen functional groups attached to an aromatic ring is 1. The first-order valence-electron chi connectivity index (χ1n) is 5.50. The summed E-state index contributed by atoms with van der Waals surface area (Å²) in [7, 11) is 0. The number of halogens is 2. The van der Waals surface area contributed by atoms with Crippen LogP contribution in [-0.2, 0) is 6.54 Å². The fourth-order valence-corrected chi connectivity index (χ4v) is 1.56. The normalized spacial score (nSPS) is 10.5. The minimum Gasteiger partial charge on any atom is -0.396 e. The van der Waals surface area contributed by atoms with Crippen molar-refractivity contribution in [2.75, 3.05) is 5.73 Å². The number of aromatic amines is 1. The Bertz CT molecular complexity index is 624. The smallest absolute Gasteiger partial charge is 0.254 e. The minimum absolute atomic E-state index is 0.192. The molecule has 0 radical (unpaired) electrons. The van der Waals surface area contributed by atoms with E-state index in [1.165, 1.54) is 0 Å². The van der Waals surface area contributed by atoms with E-state index in [9.17, 15) is 13.6 Å². The SMILES string of the molecule is Cc1[nH]ncc1CNC(=O)c1cc(N)c(F)cc1F. The maximum Gasteiger partial charge on any atom is 0.254 e. The summed E-state index contributed by atoms with van der Waals surface area (Å²) >= 11 is 0. The monoisotopic (exact) mass is 266 g/mol. The Morgan fingerprint density at radius 1 is 1.42 bits per heavy atom. The highest BCUT2D eigenvalue weighted by atomic mass is 19.1. The zero-order valence-electron chi connectivity index (χ0n) is 10.1. The lowest BCUT2D eigenvalue weighted by molar-refractivity contribution is 0.0947. The van der Waals surface area contributed by atoms with Gasteiger partial charge in [-0.15, -0.1) is 0 Å². The van der Waals surface area contributed by atoms with Crippen LogP contribution in [0.15, 0.2) is 18.3 Å². The molecule has 0 bridgehead atoms. The van der Waals surface area contributed by atoms with Gasteiger partial charge in [0.1, 0.15) is 11.6 Å². The lowest BCUT2D eigenvalue weighted by Gasteiger charge is -2.07. The van der Waals surface area contributed by atoms with Crippen LogP contribution in [-0.4, -0.2) is 16.1 Å². The van der Waals surface area contributed by atoms with Gasteiger partial charge in [-0.3, -0.25) is 9.89 Å². The van der Waals surface area contributed by atoms with E-state index in [0.29, 0.717) is 6.07 Å². The van der Waals surface area contributed by atoms with Gasteiger partial charge in [-0.05, 0) is 13.0 Å². The summed E-state index contributed by atoms with van der Waals surface area (Å²) in [6.07, 6.45) is 1.56. The number of aromatic nitrogens is 2. The van der Waals surface area contributed by atoms with Gasteiger partial charge in [-0.1, -0.05) is 0 Å². The standard InChI is InChI=1S/C12H12F2N4O/c1-6-7(5-17-18-6)4-16-12(19)8-2-11(15)10(14)3-9(8)13/h2-3,5H,4,15H2,1H3,(H,16,19)(H,17,18). The van der Waals surface area contributed by atoms with E-state index in [4.69, 9.17) is 5.73 Å². The van der Waals surface area contributed by atoms with E-state index < -0.39 is 17.5 Å². The average Bonchev–Trinajstić information content (AvgIpc) is 2.76. The van der Waals surface area contributed by atoms with E-state index in [1.54, 1.807) is 13.1 Å². The lowest BCUT2D eigenvalue weighted by Crippen LogP contribution is -2.24. The van der Waals surface area contributed by atoms with Crippen molar-refractivity contribution in [3.8, 4) is 0 Å². The quantitative estimate of drug-likeness (QED) is 0.736. The molecule has 1 amide bonds. The van der Waals surface area contributed by atoms with E-state index in [-0.39, 0.29) is 17.8 Å². The van der Waals surface area contributed by atoms with Gasteiger partial charge in [0.2, 0.25) is 0 Å². The van der Waals surface area contributed by atoms with E-state index in [1.807, 2.05) is 0 Å². The predicted molar refractivity (Wildman–Crippen MR) is 65.3 cm³/mol. The molecular weight excluding hydrogens is 254 g/mol. The van der Waals surface area contributed by atoms with Crippen LogP contribution in [0.1, 0.15) is 21.6 Å². The number of H-pyrrole nitrogens is 1. The molecule has 0 aliphatic rings. The van der Waals surface area contributed by atoms with Gasteiger partial charge in [-0.2, -0.15) is 5.10 Å². The lowest BCUT2D eigenvalue weighted by atomic mass is 10.1. The van der Waals surface area contributed by atoms with Crippen LogP contribution in [0.4, 0.5) is 14.5 Å². The van der Waals surface area contributed by atoms with Crippen molar-refractivity contribution in [3.63, 3.8) is 0 Å². The third-order valence-corrected chi connectivity index (χ3v) is 2.70. The minimum atomic E-state index is -0.951. The van der Waals surface area contributed by atoms with Crippen molar-refractivity contribution < 1.29 is 13.6 Å². The van der Waals surface area contributed by atoms with E-state index in [0.717, 1.165) is 17.3 Å². The second-order valence-corrected chi connectivity index (χ2v) is 4.06. The third-order valence-electron chi connectivity index (χ3n) is 2.70. The molecule has 100 valence electrons. The van der Waals surface area contributed by atoms with Crippen molar-refractivity contribution in [1.29, 1.82) is 0 Å². The van der Waals surface area contributed by atoms with Gasteiger partial charge in [0.25, 0.3) is 5.91 Å². The Morgan fingerprint density at radius 3 is 2.79 bits per heavy atom. The first kappa shape index (κ1) is 13.0. The van der Waals surface area contributed by atoms with Crippen molar-refractivity contribution in [2.45, 2.75) is 13.5 Å². The number of nitrogens with zero attached hydrogens (tertiary/aromatic N) is 1. The molecule has 4 N–H and O–H groups in total. The van der Waals surface area contributed by atoms with Crippen LogP contribution < -0.4 is 11.1 Å². The molecule has 0 spiro atoms. The van der Waals surface area contributed by atoms with Gasteiger partial charge < -0.3 is 11.1 Å². The summed E-state index contributed by atoms with van der Waals surface area (Å²) in [4.78, 5) is 11.8. The molecule has 2 aromatic rings. The predicted octanol–water partition coefficient (Wildman–Crippen LogP) is 1.51. The Balaban J connectivity index is 2.12. The number of anilines is 1. The first-order valence-corrected chi connectivity index (χ1v) is 5.50. The van der Waals surface area contributed by atoms with Crippen LogP contribution in [0.3, 0.4) is 0 Å². The second kappa shape index (κ2) is 5.05. The highest BCUT2D eigenvalue weighted by Gasteiger charge is 2.15. The van der Waals surface area contributed by atoms with Crippen LogP contribution in [0.5, 0.6) is 0 Å². The number of nitrogens with two attached hydrogens (primary N) is 1. The van der Waals surface area contributed by atoms with Crippen LogP contribution in [0.25, 0.3) is 0 Å². The Morgan fingerprint density at radius 2 is 2.16 bits per heavy atom. The molecule has 2 rings (SSSR count). The fourth-order valence-electron chi connectivity index (χ4n) is 1.56. The summed E-state index contributed by atoms with van der Waals surface area (Å²) in [5.41, 5.74) is 6.33. The Kier molecular flexibility index (Phi) is 3.46. The van der Waals surface area contributed by atoms with Crippen molar-refractivity contribution in [3.05, 3.63) is 46.8 Å². The maximum absolute atomic E-state index is 13.5. The van der Waals surface area contributed by atoms with Gasteiger partial charge >= 0.3 is 0 Å². The summed E-state index contributed by atoms with van der Waals surface area (Å²) in [6, 6.07) is 1.57. The number of hydrogen-bond donors (Lipinski definition) is 3. The topological polar surface area (TPSA) is 83.8 Å². The summed E-state index contributed by atoms with van der Waals surface area (Å²) in [6.45, 7) is 1.99. The molecule has 1 heterocycles. The molecule has 0 saturated heterocycles. The first-order chi connectivity index (χ1) is 8.99. The molecule has 0 fully saturated rings. The van der Waals surface area contributed by atoms with Crippen LogP contribution in [0, 0.1) is 18.6 Å². The highest BCUT2D eigenvalue weighted by molar-refractivity contribution is 5.95. The second-order valence-electron chi connectivity index (χ2n) is 4.06. The van der Waals surface area contributed by atoms with Gasteiger partial charge in [-0.25, -0.2) is 8.78 Å². The van der Waals surface area contributed by atoms with Crippen LogP contribution in [0.2, 0.25) is 0 Å². The van der Waals surface area contributed by atoms with Gasteiger partial charge in [0, 0.05) is 23.9 Å². The molecule has 0 unspecified atom stereocenters. The fraction of sp³-hybridized carbons (Fsp3) is 0.167. The molecule has 1 aromatic heterocycles. The molecule has 7 heteroatoms. The number of carbonyl (C=O) groups excluding carboxylic acids is 1. The molecule has 0 saturated carbocycles. The molecule has 0 atom stereocenters. The van der Waals surface area contributed by atoms with Gasteiger partial charge in [0.05, 0.1) is 17.4 Å². The van der Waals surface area contributed by atoms with Crippen molar-refractivity contribution >= 4 is 11.6 Å². The summed E-state index contributed by atoms with van der Waals surface area (Å²) in [5, 5.41) is 9.02. The number of amides is 1. The molecular formula is C12H12F2N4O. The number of benzene rings is 1. The van der Waals surface area contributed by atoms with Crippen molar-refractivity contribution in [1.82, 2.24) is 15.5 Å². The summed E-state index contributed by atoms with van der Waals surface area (Å²) in [5.74, 6) is -2.50. The number of hydrogen-bond acceptors (Lipinski definition) is 3. The molecule has 5 nitrogen and oxygen atoms in total. The Labute approximate surface area is 107 Å². The van der Waals surface area contributed by atoms with E-state index >= 15 is 0 Å². The Hall–Kier alpha value is -2.44. The number of rotatable bonds is 3. The zero-order valence-corrected chi connectivity index (χ0v) is 10.1. The van der Waals surface area contributed by atoms with Crippen molar-refractivity contribution in [2.24, 2.45) is 0 Å². The molecule has 19 heavy (non-hydrogen) atoms. The number of aryl methyl sites for hydroxylation is 1. The third kappa shape index (κ3) is 2.70. The number of carbonyl (C=O) groups is 1. The van der Waals surface area contributed by atoms with E-state index in [2.05, 4.69) is 15.5 Å². The summed E-state index contributed by atoms with van der Waals surface area (Å²) < 4.78 is 26.4. The highest BCUT2D eigenvalue weighted by Crippen LogP contribution is 2.16. The average molecular weight is 266 g/mol. The molecule has 0 aliphatic carbocycles. The van der Waals surface area contributed by atoms with Crippen LogP contribution >= 0.6 is 0 Å². The zero-order chi connectivity index (χ0) is 14.0. The largest absolute Gasteiger partial charge is 0.396 e. The maximum atomic E-state index is 13.5. The van der Waals surface area contributed by atoms with Gasteiger partial charge in [0.15, 0.2) is 0 Å². The molecule has 1 aromatic carbocycles. The number of nitrogens with one attached hydrogen (secondary N) is 2. The molecule has 0 aliphatic heterocycles.